The van der Waals surface area contributed by atoms with Crippen LogP contribution in [0.5, 0.6) is 0 Å². The summed E-state index contributed by atoms with van der Waals surface area (Å²) in [7, 11) is 0. The van der Waals surface area contributed by atoms with Crippen LogP contribution in [0.4, 0.5) is 13.2 Å². The lowest BCUT2D eigenvalue weighted by molar-refractivity contribution is -0.173. The van der Waals surface area contributed by atoms with E-state index in [2.05, 4.69) is 10.0 Å². The molecule has 0 aliphatic carbocycles. The van der Waals surface area contributed by atoms with Gasteiger partial charge in [0.1, 0.15) is 0 Å². The fraction of sp³-hybridized carbons (Fsp3) is 0.833. The van der Waals surface area contributed by atoms with Crippen molar-refractivity contribution in [2.24, 2.45) is 5.11 Å². The van der Waals surface area contributed by atoms with Crippen LogP contribution in [0.1, 0.15) is 0 Å². The fourth-order valence-corrected chi connectivity index (χ4v) is 0.589. The van der Waals surface area contributed by atoms with Crippen LogP contribution in [0.15, 0.2) is 5.11 Å². The van der Waals surface area contributed by atoms with Crippen LogP contribution >= 0.6 is 0 Å². The van der Waals surface area contributed by atoms with Gasteiger partial charge in [0.15, 0.2) is 0 Å². The molecule has 86 valence electrons. The summed E-state index contributed by atoms with van der Waals surface area (Å²) in [5.41, 5.74) is 7.85. The molecule has 0 bridgehead atoms. The third kappa shape index (κ3) is 7.59. The quantitative estimate of drug-likeness (QED) is 0.317. The summed E-state index contributed by atoms with van der Waals surface area (Å²) in [6.45, 7) is -0.104. The van der Waals surface area contributed by atoms with E-state index >= 15 is 0 Å². The first-order valence-corrected chi connectivity index (χ1v) is 3.92. The van der Waals surface area contributed by atoms with E-state index in [9.17, 15) is 18.0 Å². The molecule has 0 aromatic carbocycles. The van der Waals surface area contributed by atoms with Crippen LogP contribution in [0.2, 0.25) is 0 Å². The van der Waals surface area contributed by atoms with E-state index in [-0.39, 0.29) is 26.3 Å². The summed E-state index contributed by atoms with van der Waals surface area (Å²) in [5.74, 6) is -2.00. The van der Waals surface area contributed by atoms with Gasteiger partial charge in [-0.15, -0.1) is 0 Å². The van der Waals surface area contributed by atoms with Crippen molar-refractivity contribution in [2.75, 3.05) is 26.3 Å². The molecule has 0 rings (SSSR count). The number of nitrogens with one attached hydrogen (secondary N) is 1. The molecular formula is C6H9F3N4O2. The Balaban J connectivity index is 3.39. The van der Waals surface area contributed by atoms with Crippen LogP contribution in [0.3, 0.4) is 0 Å². The van der Waals surface area contributed by atoms with Crippen LogP contribution in [-0.4, -0.2) is 38.4 Å². The molecule has 0 spiro atoms. The molecule has 0 unspecified atom stereocenters. The largest absolute Gasteiger partial charge is 0.471 e. The van der Waals surface area contributed by atoms with Gasteiger partial charge in [-0.05, 0) is 5.53 Å². The maximum Gasteiger partial charge on any atom is 0.471 e. The van der Waals surface area contributed by atoms with Crippen molar-refractivity contribution in [3.05, 3.63) is 10.4 Å². The Hall–Kier alpha value is -1.47. The molecule has 0 saturated heterocycles. The number of azide groups is 1. The zero-order valence-corrected chi connectivity index (χ0v) is 7.62. The number of alkyl halides is 3. The number of hydrogen-bond donors (Lipinski definition) is 1. The fourth-order valence-electron chi connectivity index (χ4n) is 0.589. The summed E-state index contributed by atoms with van der Waals surface area (Å²) in [6, 6.07) is 0. The first-order valence-electron chi connectivity index (χ1n) is 3.92. The third-order valence-electron chi connectivity index (χ3n) is 1.19. The standard InChI is InChI=1S/C6H9F3N4O2/c7-6(8,9)5(14)11-1-3-15-4-2-12-13-10/h1-4H2,(H,11,14). The molecule has 0 atom stereocenters. The highest BCUT2D eigenvalue weighted by atomic mass is 19.4. The maximum absolute atomic E-state index is 11.6. The second kappa shape index (κ2) is 6.91. The van der Waals surface area contributed by atoms with Crippen molar-refractivity contribution in [1.29, 1.82) is 0 Å². The van der Waals surface area contributed by atoms with Gasteiger partial charge in [0.05, 0.1) is 13.2 Å². The van der Waals surface area contributed by atoms with Gasteiger partial charge in [-0.1, -0.05) is 5.11 Å². The highest BCUT2D eigenvalue weighted by Crippen LogP contribution is 2.13. The van der Waals surface area contributed by atoms with Gasteiger partial charge in [-0.3, -0.25) is 4.79 Å². The van der Waals surface area contributed by atoms with Crippen LogP contribution in [-0.2, 0) is 9.53 Å². The number of nitrogens with zero attached hydrogens (tertiary/aromatic N) is 3. The third-order valence-corrected chi connectivity index (χ3v) is 1.19. The number of halogens is 3. The maximum atomic E-state index is 11.6. The topological polar surface area (TPSA) is 87.1 Å². The van der Waals surface area contributed by atoms with E-state index in [0.717, 1.165) is 0 Å². The van der Waals surface area contributed by atoms with Crippen molar-refractivity contribution in [3.8, 4) is 0 Å². The highest BCUT2D eigenvalue weighted by Gasteiger charge is 2.38. The number of hydrogen-bond acceptors (Lipinski definition) is 3. The molecule has 0 saturated carbocycles. The molecule has 15 heavy (non-hydrogen) atoms. The van der Waals surface area contributed by atoms with E-state index in [4.69, 9.17) is 10.3 Å². The zero-order chi connectivity index (χ0) is 11.7. The first kappa shape index (κ1) is 13.5. The molecule has 0 heterocycles. The molecule has 0 aliphatic rings. The van der Waals surface area contributed by atoms with Gasteiger partial charge in [0.25, 0.3) is 0 Å². The van der Waals surface area contributed by atoms with Gasteiger partial charge in [-0.2, -0.15) is 13.2 Å². The van der Waals surface area contributed by atoms with E-state index in [1.807, 2.05) is 0 Å². The lowest BCUT2D eigenvalue weighted by Crippen LogP contribution is -2.38. The Morgan fingerprint density at radius 3 is 2.67 bits per heavy atom. The van der Waals surface area contributed by atoms with E-state index in [0.29, 0.717) is 0 Å². The van der Waals surface area contributed by atoms with E-state index in [1.165, 1.54) is 0 Å². The first-order chi connectivity index (χ1) is 6.98. The minimum absolute atomic E-state index is 0.0667. The van der Waals surface area contributed by atoms with Crippen molar-refractivity contribution >= 4 is 5.91 Å². The van der Waals surface area contributed by atoms with Crippen LogP contribution in [0, 0.1) is 0 Å². The van der Waals surface area contributed by atoms with Gasteiger partial charge in [0.2, 0.25) is 0 Å². The van der Waals surface area contributed by atoms with Crippen molar-refractivity contribution in [3.63, 3.8) is 0 Å². The second-order valence-electron chi connectivity index (χ2n) is 2.32. The van der Waals surface area contributed by atoms with Gasteiger partial charge < -0.3 is 10.1 Å². The summed E-state index contributed by atoms with van der Waals surface area (Å²) >= 11 is 0. The summed E-state index contributed by atoms with van der Waals surface area (Å²) in [5, 5.41) is 4.75. The van der Waals surface area contributed by atoms with Crippen LogP contribution in [0.25, 0.3) is 10.4 Å². The molecule has 1 amide bonds. The van der Waals surface area contributed by atoms with Gasteiger partial charge >= 0.3 is 12.1 Å². The van der Waals surface area contributed by atoms with Gasteiger partial charge in [-0.25, -0.2) is 0 Å². The Bertz CT molecular complexity index is 249. The average Bonchev–Trinajstić information content (AvgIpc) is 2.14. The Morgan fingerprint density at radius 1 is 1.47 bits per heavy atom. The van der Waals surface area contributed by atoms with Crippen LogP contribution < -0.4 is 5.32 Å². The monoisotopic (exact) mass is 226 g/mol. The van der Waals surface area contributed by atoms with E-state index < -0.39 is 12.1 Å². The average molecular weight is 226 g/mol. The summed E-state index contributed by atoms with van der Waals surface area (Å²) in [4.78, 5) is 12.7. The highest BCUT2D eigenvalue weighted by molar-refractivity contribution is 5.81. The molecule has 1 N–H and O–H groups in total. The number of ether oxygens (including phenoxy) is 1. The molecule has 6 nitrogen and oxygen atoms in total. The lowest BCUT2D eigenvalue weighted by atomic mass is 10.5. The molecular weight excluding hydrogens is 217 g/mol. The minimum atomic E-state index is -4.87. The van der Waals surface area contributed by atoms with Crippen molar-refractivity contribution in [1.82, 2.24) is 5.32 Å². The normalized spacial score (nSPS) is 10.6. The predicted molar refractivity (Wildman–Crippen MR) is 43.9 cm³/mol. The molecule has 0 aromatic rings. The SMILES string of the molecule is [N-]=[N+]=NCCOCCNC(=O)C(F)(F)F. The Labute approximate surface area is 83.0 Å². The molecule has 0 aromatic heterocycles. The lowest BCUT2D eigenvalue weighted by Gasteiger charge is -2.07. The molecule has 0 aliphatic heterocycles. The smallest absolute Gasteiger partial charge is 0.379 e. The summed E-state index contributed by atoms with van der Waals surface area (Å²) in [6.07, 6.45) is -4.87. The molecule has 9 heteroatoms. The zero-order valence-electron chi connectivity index (χ0n) is 7.62. The molecule has 0 fully saturated rings. The van der Waals surface area contributed by atoms with Gasteiger partial charge in [0, 0.05) is 18.0 Å². The minimum Gasteiger partial charge on any atom is -0.379 e. The van der Waals surface area contributed by atoms with Crippen molar-refractivity contribution in [2.45, 2.75) is 6.18 Å². The number of rotatable bonds is 6. The Morgan fingerprint density at radius 2 is 2.13 bits per heavy atom. The number of carbonyl (C=O) groups is 1. The summed E-state index contributed by atoms with van der Waals surface area (Å²) < 4.78 is 39.6. The van der Waals surface area contributed by atoms with Crippen molar-refractivity contribution < 1.29 is 22.7 Å². The molecule has 0 radical (unpaired) electrons. The Kier molecular flexibility index (Phi) is 6.23. The van der Waals surface area contributed by atoms with E-state index in [1.54, 1.807) is 5.32 Å². The predicted octanol–water partition coefficient (Wildman–Crippen LogP) is 0.992. The number of amides is 1. The second-order valence-corrected chi connectivity index (χ2v) is 2.32. The number of carbonyl (C=O) groups excluding carboxylic acids is 1.